The van der Waals surface area contributed by atoms with Crippen LogP contribution >= 0.6 is 11.5 Å². The second-order valence-corrected chi connectivity index (χ2v) is 9.23. The maximum atomic E-state index is 14.2. The first-order valence-corrected chi connectivity index (χ1v) is 13.0. The van der Waals surface area contributed by atoms with Crippen molar-refractivity contribution in [3.63, 3.8) is 0 Å². The highest BCUT2D eigenvalue weighted by Crippen LogP contribution is 2.36. The molecular weight excluding hydrogens is 522 g/mol. The van der Waals surface area contributed by atoms with Crippen molar-refractivity contribution in [3.8, 4) is 5.75 Å². The van der Waals surface area contributed by atoms with E-state index in [1.165, 1.54) is 4.90 Å². The molecule has 206 valence electrons. The maximum absolute atomic E-state index is 14.2. The molecular formula is C27H31N5O6S. The molecule has 0 saturated heterocycles. The molecule has 3 amide bonds. The standard InChI is InChI=1S/C27H31N5O6S/c1-5-37-18-12-10-17(11-13-18)23(26(35)30-14-20(33)38-6-2)32(19-9-7-8-15(3)16(19)4)27(36)24-21(28)22(25(29)34)31-39-24/h7-13,23H,5-6,14,28H2,1-4H3,(H2,29,34)(H,30,35)/t23-/m1/s1. The molecule has 3 rings (SSSR count). The van der Waals surface area contributed by atoms with Gasteiger partial charge in [-0.05, 0) is 74.1 Å². The number of ether oxygens (including phenoxy) is 2. The third-order valence-electron chi connectivity index (χ3n) is 5.94. The van der Waals surface area contributed by atoms with Gasteiger partial charge < -0.3 is 26.3 Å². The van der Waals surface area contributed by atoms with E-state index in [1.54, 1.807) is 43.3 Å². The monoisotopic (exact) mass is 553 g/mol. The fraction of sp³-hybridized carbons (Fsp3) is 0.296. The Bertz CT molecular complexity index is 1370. The van der Waals surface area contributed by atoms with E-state index in [0.29, 0.717) is 35.1 Å². The van der Waals surface area contributed by atoms with Crippen molar-refractivity contribution in [1.82, 2.24) is 9.69 Å². The number of esters is 1. The zero-order valence-electron chi connectivity index (χ0n) is 22.1. The Balaban J connectivity index is 2.21. The fourth-order valence-electron chi connectivity index (χ4n) is 3.90. The molecule has 12 heteroatoms. The quantitative estimate of drug-likeness (QED) is 0.305. The van der Waals surface area contributed by atoms with Crippen LogP contribution in [0.15, 0.2) is 42.5 Å². The van der Waals surface area contributed by atoms with Gasteiger partial charge in [-0.2, -0.15) is 4.37 Å². The number of nitrogens with one attached hydrogen (secondary N) is 1. The van der Waals surface area contributed by atoms with Crippen LogP contribution in [0.25, 0.3) is 0 Å². The highest BCUT2D eigenvalue weighted by Gasteiger charge is 2.37. The largest absolute Gasteiger partial charge is 0.494 e. The Morgan fingerprint density at radius 1 is 1.05 bits per heavy atom. The van der Waals surface area contributed by atoms with E-state index in [9.17, 15) is 19.2 Å². The van der Waals surface area contributed by atoms with Crippen molar-refractivity contribution < 1.29 is 28.7 Å². The third kappa shape index (κ3) is 6.52. The minimum atomic E-state index is -1.25. The summed E-state index contributed by atoms with van der Waals surface area (Å²) in [5.41, 5.74) is 13.6. The van der Waals surface area contributed by atoms with E-state index < -0.39 is 36.3 Å². The van der Waals surface area contributed by atoms with Gasteiger partial charge in [0.2, 0.25) is 5.91 Å². The number of nitrogen functional groups attached to an aromatic ring is 1. The Hall–Kier alpha value is -4.45. The molecule has 0 fully saturated rings. The second kappa shape index (κ2) is 12.9. The van der Waals surface area contributed by atoms with Crippen LogP contribution in [0.1, 0.15) is 56.7 Å². The predicted octanol–water partition coefficient (Wildman–Crippen LogP) is 2.91. The molecule has 11 nitrogen and oxygen atoms in total. The molecule has 0 bridgehead atoms. The van der Waals surface area contributed by atoms with Gasteiger partial charge >= 0.3 is 5.97 Å². The summed E-state index contributed by atoms with van der Waals surface area (Å²) in [7, 11) is 0. The van der Waals surface area contributed by atoms with E-state index in [2.05, 4.69) is 9.69 Å². The van der Waals surface area contributed by atoms with Gasteiger partial charge in [0.1, 0.15) is 23.2 Å². The minimum Gasteiger partial charge on any atom is -0.494 e. The van der Waals surface area contributed by atoms with Crippen LogP contribution in [-0.2, 0) is 14.3 Å². The molecule has 0 radical (unpaired) electrons. The number of hydrogen-bond donors (Lipinski definition) is 3. The summed E-state index contributed by atoms with van der Waals surface area (Å²) in [4.78, 5) is 53.0. The number of amides is 3. The molecule has 0 aliphatic carbocycles. The van der Waals surface area contributed by atoms with Crippen molar-refractivity contribution in [2.24, 2.45) is 5.73 Å². The highest BCUT2D eigenvalue weighted by atomic mass is 32.1. The van der Waals surface area contributed by atoms with E-state index >= 15 is 0 Å². The summed E-state index contributed by atoms with van der Waals surface area (Å²) >= 11 is 0.711. The average molecular weight is 554 g/mol. The number of aryl methyl sites for hydroxylation is 1. The number of rotatable bonds is 11. The molecule has 39 heavy (non-hydrogen) atoms. The van der Waals surface area contributed by atoms with Crippen LogP contribution in [-0.4, -0.2) is 47.8 Å². The summed E-state index contributed by atoms with van der Waals surface area (Å²) in [6, 6.07) is 10.8. The molecule has 1 heterocycles. The van der Waals surface area contributed by atoms with Crippen LogP contribution in [0, 0.1) is 13.8 Å². The van der Waals surface area contributed by atoms with Crippen molar-refractivity contribution in [3.05, 3.63) is 69.7 Å². The van der Waals surface area contributed by atoms with Gasteiger partial charge in [0.25, 0.3) is 11.8 Å². The molecule has 3 aromatic rings. The lowest BCUT2D eigenvalue weighted by Gasteiger charge is -2.32. The molecule has 0 aliphatic rings. The van der Waals surface area contributed by atoms with Gasteiger partial charge in [-0.3, -0.25) is 24.1 Å². The number of carbonyl (C=O) groups is 4. The zero-order chi connectivity index (χ0) is 28.7. The fourth-order valence-corrected chi connectivity index (χ4v) is 4.64. The Morgan fingerprint density at radius 3 is 2.33 bits per heavy atom. The van der Waals surface area contributed by atoms with E-state index in [0.717, 1.165) is 11.1 Å². The number of aromatic nitrogens is 1. The average Bonchev–Trinajstić information content (AvgIpc) is 3.30. The summed E-state index contributed by atoms with van der Waals surface area (Å²) in [5.74, 6) is -2.24. The third-order valence-corrected chi connectivity index (χ3v) is 6.79. The molecule has 1 atom stereocenters. The lowest BCUT2D eigenvalue weighted by molar-refractivity contribution is -0.143. The topological polar surface area (TPSA) is 167 Å². The predicted molar refractivity (Wildman–Crippen MR) is 148 cm³/mol. The SMILES string of the molecule is CCOC(=O)CNC(=O)[C@@H](c1ccc(OCC)cc1)N(C(=O)c1snc(C(N)=O)c1N)c1cccc(C)c1C. The Labute approximate surface area is 230 Å². The van der Waals surface area contributed by atoms with Gasteiger partial charge in [-0.15, -0.1) is 0 Å². The Kier molecular flexibility index (Phi) is 9.61. The van der Waals surface area contributed by atoms with E-state index in [1.807, 2.05) is 26.8 Å². The number of hydrogen-bond acceptors (Lipinski definition) is 9. The van der Waals surface area contributed by atoms with Crippen molar-refractivity contribution in [2.45, 2.75) is 33.7 Å². The molecule has 0 unspecified atom stereocenters. The molecule has 0 saturated carbocycles. The van der Waals surface area contributed by atoms with Gasteiger partial charge in [0, 0.05) is 5.69 Å². The van der Waals surface area contributed by atoms with Crippen LogP contribution in [0.4, 0.5) is 11.4 Å². The summed E-state index contributed by atoms with van der Waals surface area (Å²) in [6.45, 7) is 7.40. The second-order valence-electron chi connectivity index (χ2n) is 8.46. The number of nitrogens with zero attached hydrogens (tertiary/aromatic N) is 2. The first-order chi connectivity index (χ1) is 18.6. The number of primary amides is 1. The number of nitrogens with two attached hydrogens (primary N) is 2. The van der Waals surface area contributed by atoms with Crippen molar-refractivity contribution in [2.75, 3.05) is 30.4 Å². The summed E-state index contributed by atoms with van der Waals surface area (Å²) in [5, 5.41) is 2.58. The van der Waals surface area contributed by atoms with E-state index in [-0.39, 0.29) is 22.9 Å². The number of carbonyl (C=O) groups excluding carboxylic acids is 4. The van der Waals surface area contributed by atoms with Crippen LogP contribution in [0.2, 0.25) is 0 Å². The van der Waals surface area contributed by atoms with Crippen LogP contribution in [0.5, 0.6) is 5.75 Å². The van der Waals surface area contributed by atoms with Crippen LogP contribution in [0.3, 0.4) is 0 Å². The smallest absolute Gasteiger partial charge is 0.325 e. The summed E-state index contributed by atoms with van der Waals surface area (Å²) < 4.78 is 14.4. The number of benzene rings is 2. The molecule has 0 aliphatic heterocycles. The van der Waals surface area contributed by atoms with Gasteiger partial charge in [-0.1, -0.05) is 24.3 Å². The summed E-state index contributed by atoms with van der Waals surface area (Å²) in [6.07, 6.45) is 0. The van der Waals surface area contributed by atoms with Crippen LogP contribution < -0.4 is 26.4 Å². The van der Waals surface area contributed by atoms with E-state index in [4.69, 9.17) is 20.9 Å². The van der Waals surface area contributed by atoms with Gasteiger partial charge in [-0.25, -0.2) is 0 Å². The van der Waals surface area contributed by atoms with Crippen molar-refractivity contribution >= 4 is 46.6 Å². The molecule has 0 spiro atoms. The van der Waals surface area contributed by atoms with Gasteiger partial charge in [0.15, 0.2) is 5.69 Å². The first-order valence-electron chi connectivity index (χ1n) is 12.2. The molecule has 5 N–H and O–H groups in total. The first kappa shape index (κ1) is 29.1. The maximum Gasteiger partial charge on any atom is 0.325 e. The minimum absolute atomic E-state index is 0.0566. The van der Waals surface area contributed by atoms with Crippen molar-refractivity contribution in [1.29, 1.82) is 0 Å². The Morgan fingerprint density at radius 2 is 1.74 bits per heavy atom. The number of anilines is 2. The normalized spacial score (nSPS) is 11.4. The molecule has 2 aromatic carbocycles. The zero-order valence-corrected chi connectivity index (χ0v) is 23.0. The van der Waals surface area contributed by atoms with Gasteiger partial charge in [0.05, 0.1) is 18.9 Å². The lowest BCUT2D eigenvalue weighted by Crippen LogP contribution is -2.45. The highest BCUT2D eigenvalue weighted by molar-refractivity contribution is 7.09. The lowest BCUT2D eigenvalue weighted by atomic mass is 9.99. The molecule has 1 aromatic heterocycles.